The predicted molar refractivity (Wildman–Crippen MR) is 88.4 cm³/mol. The molecule has 0 aromatic rings. The number of alkyl halides is 5. The molecule has 0 spiro atoms. The zero-order valence-corrected chi connectivity index (χ0v) is 16.2. The molecule has 4 saturated carbocycles. The number of esters is 1. The average molecular weight is 424 g/mol. The molecule has 4 bridgehead atoms. The molecular formula is C20H25F5O4. The van der Waals surface area contributed by atoms with Gasteiger partial charge in [0, 0.05) is 0 Å². The van der Waals surface area contributed by atoms with Crippen molar-refractivity contribution < 1.29 is 41.3 Å². The minimum Gasteiger partial charge on any atom is -0.453 e. The summed E-state index contributed by atoms with van der Waals surface area (Å²) in [6.07, 6.45) is -5.58. The molecule has 29 heavy (non-hydrogen) atoms. The van der Waals surface area contributed by atoms with Gasteiger partial charge in [-0.15, -0.1) is 0 Å². The molecule has 1 heterocycles. The summed E-state index contributed by atoms with van der Waals surface area (Å²) in [5, 5.41) is 9.37. The van der Waals surface area contributed by atoms with Gasteiger partial charge in [-0.3, -0.25) is 4.79 Å². The molecule has 1 aliphatic heterocycles. The quantitative estimate of drug-likeness (QED) is 0.418. The van der Waals surface area contributed by atoms with Gasteiger partial charge in [0.2, 0.25) is 0 Å². The fourth-order valence-electron chi connectivity index (χ4n) is 7.72. The van der Waals surface area contributed by atoms with Gasteiger partial charge in [-0.25, -0.2) is 0 Å². The van der Waals surface area contributed by atoms with E-state index in [1.807, 2.05) is 0 Å². The first kappa shape index (κ1) is 20.0. The number of ether oxygens (including phenoxy) is 2. The number of rotatable bonds is 2. The molecule has 0 aromatic heterocycles. The van der Waals surface area contributed by atoms with Crippen LogP contribution in [0.4, 0.5) is 22.0 Å². The van der Waals surface area contributed by atoms with Crippen molar-refractivity contribution >= 4 is 5.97 Å². The minimum absolute atomic E-state index is 0.0555. The molecule has 0 radical (unpaired) electrons. The Labute approximate surface area is 165 Å². The van der Waals surface area contributed by atoms with E-state index < -0.39 is 42.5 Å². The van der Waals surface area contributed by atoms with Crippen molar-refractivity contribution in [2.45, 2.75) is 57.1 Å². The lowest BCUT2D eigenvalue weighted by Gasteiger charge is -2.43. The Morgan fingerprint density at radius 3 is 2.24 bits per heavy atom. The highest BCUT2D eigenvalue weighted by Crippen LogP contribution is 2.71. The summed E-state index contributed by atoms with van der Waals surface area (Å²) >= 11 is 0. The maximum atomic E-state index is 14.2. The largest absolute Gasteiger partial charge is 0.453 e. The lowest BCUT2D eigenvalue weighted by Crippen LogP contribution is -2.59. The van der Waals surface area contributed by atoms with Gasteiger partial charge in [0.1, 0.15) is 0 Å². The zero-order valence-electron chi connectivity index (χ0n) is 16.2. The predicted octanol–water partition coefficient (Wildman–Crippen LogP) is 3.62. The van der Waals surface area contributed by atoms with Gasteiger partial charge in [-0.1, -0.05) is 13.8 Å². The molecule has 4 nitrogen and oxygen atoms in total. The van der Waals surface area contributed by atoms with Gasteiger partial charge >= 0.3 is 23.9 Å². The van der Waals surface area contributed by atoms with Crippen LogP contribution < -0.4 is 0 Å². The molecular weight excluding hydrogens is 399 g/mol. The molecule has 5 rings (SSSR count). The van der Waals surface area contributed by atoms with Crippen LogP contribution in [0.1, 0.15) is 33.1 Å². The Bertz CT molecular complexity index is 726. The number of aliphatic hydroxyl groups is 1. The smallest absolute Gasteiger partial charge is 0.449 e. The lowest BCUT2D eigenvalue weighted by atomic mass is 9.62. The van der Waals surface area contributed by atoms with Crippen LogP contribution in [0.25, 0.3) is 0 Å². The monoisotopic (exact) mass is 424 g/mol. The van der Waals surface area contributed by atoms with Crippen molar-refractivity contribution in [1.82, 2.24) is 0 Å². The molecule has 0 amide bonds. The number of carbonyl (C=O) groups is 1. The summed E-state index contributed by atoms with van der Waals surface area (Å²) in [7, 11) is 0. The van der Waals surface area contributed by atoms with E-state index in [9.17, 15) is 31.9 Å². The van der Waals surface area contributed by atoms with Crippen molar-refractivity contribution in [1.29, 1.82) is 0 Å². The summed E-state index contributed by atoms with van der Waals surface area (Å²) in [5.41, 5.74) is 0. The number of halogens is 5. The topological polar surface area (TPSA) is 55.8 Å². The summed E-state index contributed by atoms with van der Waals surface area (Å²) < 4.78 is 76.0. The van der Waals surface area contributed by atoms with Gasteiger partial charge in [0.05, 0.1) is 12.5 Å². The summed E-state index contributed by atoms with van der Waals surface area (Å²) in [4.78, 5) is 12.7. The number of carbonyl (C=O) groups excluding carboxylic acids is 1. The minimum atomic E-state index is -5.70. The van der Waals surface area contributed by atoms with Crippen molar-refractivity contribution in [3.05, 3.63) is 0 Å². The van der Waals surface area contributed by atoms with E-state index in [1.165, 1.54) is 0 Å². The Balaban J connectivity index is 1.30. The van der Waals surface area contributed by atoms with E-state index in [0.29, 0.717) is 47.8 Å². The van der Waals surface area contributed by atoms with Crippen molar-refractivity contribution in [3.8, 4) is 0 Å². The van der Waals surface area contributed by atoms with E-state index in [0.717, 1.165) is 12.8 Å². The van der Waals surface area contributed by atoms with E-state index in [1.54, 1.807) is 0 Å². The second kappa shape index (κ2) is 5.84. The van der Waals surface area contributed by atoms with Crippen LogP contribution in [-0.2, 0) is 14.3 Å². The van der Waals surface area contributed by atoms with Gasteiger partial charge in [0.25, 0.3) is 0 Å². The maximum Gasteiger partial charge on any atom is 0.449 e. The lowest BCUT2D eigenvalue weighted by molar-refractivity contribution is -0.405. The van der Waals surface area contributed by atoms with Crippen LogP contribution in [0, 0.1) is 53.3 Å². The fraction of sp³-hybridized carbons (Fsp3) is 0.950. The third-order valence-corrected chi connectivity index (χ3v) is 9.09. The van der Waals surface area contributed by atoms with Gasteiger partial charge < -0.3 is 14.6 Å². The summed E-state index contributed by atoms with van der Waals surface area (Å²) in [6, 6.07) is 0. The molecule has 1 N–H and O–H groups in total. The van der Waals surface area contributed by atoms with Crippen LogP contribution in [0.2, 0.25) is 0 Å². The van der Waals surface area contributed by atoms with Gasteiger partial charge in [-0.2, -0.15) is 22.0 Å². The average Bonchev–Trinajstić information content (AvgIpc) is 3.38. The zero-order chi connectivity index (χ0) is 21.1. The second-order valence-corrected chi connectivity index (χ2v) is 9.94. The van der Waals surface area contributed by atoms with Crippen molar-refractivity contribution in [2.24, 2.45) is 53.3 Å². The molecule has 1 saturated heterocycles. The van der Waals surface area contributed by atoms with E-state index in [-0.39, 0.29) is 5.92 Å². The number of fused-ring (bicyclic) bond motifs is 9. The van der Waals surface area contributed by atoms with Crippen LogP contribution in [-0.4, -0.2) is 41.7 Å². The Hall–Kier alpha value is -0.960. The fourth-order valence-corrected chi connectivity index (χ4v) is 7.72. The maximum absolute atomic E-state index is 14.2. The highest BCUT2D eigenvalue weighted by molar-refractivity contribution is 5.74. The van der Waals surface area contributed by atoms with Crippen LogP contribution in [0.5, 0.6) is 0 Å². The standard InChI is InChI=1S/C20H25F5O4/c1-7-8(2)11-5-10(7)15-9-3-12(16(11)15)13(4-9)17(26)29-14-6-28-19(27,18(14,21)22)20(23,24)25/h7-16,27H,3-6H2,1-2H3. The van der Waals surface area contributed by atoms with Crippen molar-refractivity contribution in [2.75, 3.05) is 6.61 Å². The molecule has 5 fully saturated rings. The molecule has 5 aliphatic rings. The molecule has 11 unspecified atom stereocenters. The second-order valence-electron chi connectivity index (χ2n) is 9.94. The van der Waals surface area contributed by atoms with E-state index >= 15 is 0 Å². The van der Waals surface area contributed by atoms with Gasteiger partial charge in [-0.05, 0) is 66.6 Å². The van der Waals surface area contributed by atoms with Crippen molar-refractivity contribution in [3.63, 3.8) is 0 Å². The Kier molecular flexibility index (Phi) is 4.02. The number of hydrogen-bond donors (Lipinski definition) is 1. The van der Waals surface area contributed by atoms with Crippen LogP contribution >= 0.6 is 0 Å². The molecule has 0 aromatic carbocycles. The Morgan fingerprint density at radius 2 is 1.66 bits per heavy atom. The normalized spacial score (nSPS) is 54.8. The van der Waals surface area contributed by atoms with E-state index in [2.05, 4.69) is 18.6 Å². The summed E-state index contributed by atoms with van der Waals surface area (Å²) in [6.45, 7) is 3.33. The number of hydrogen-bond acceptors (Lipinski definition) is 4. The Morgan fingerprint density at radius 1 is 1.03 bits per heavy atom. The molecule has 4 aliphatic carbocycles. The highest BCUT2D eigenvalue weighted by Gasteiger charge is 2.78. The summed E-state index contributed by atoms with van der Waals surface area (Å²) in [5.74, 6) is -7.07. The van der Waals surface area contributed by atoms with E-state index in [4.69, 9.17) is 4.74 Å². The molecule has 164 valence electrons. The first-order valence-electron chi connectivity index (χ1n) is 10.4. The molecule has 11 atom stereocenters. The molecule has 9 heteroatoms. The van der Waals surface area contributed by atoms with Gasteiger partial charge in [0.15, 0.2) is 6.10 Å². The first-order chi connectivity index (χ1) is 13.4. The third kappa shape index (κ3) is 2.34. The SMILES string of the molecule is CC1C(C)C2CC1C1C3CC(C(=O)OC4COC(O)(C(F)(F)F)C4(F)F)C(C3)C21. The third-order valence-electron chi connectivity index (χ3n) is 9.09. The highest BCUT2D eigenvalue weighted by atomic mass is 19.4. The van der Waals surface area contributed by atoms with Crippen LogP contribution in [0.3, 0.4) is 0 Å². The van der Waals surface area contributed by atoms with Crippen LogP contribution in [0.15, 0.2) is 0 Å². The first-order valence-corrected chi connectivity index (χ1v) is 10.4.